The maximum absolute atomic E-state index is 11.2. The molecule has 0 spiro atoms. The molecule has 1 fully saturated rings. The molecule has 1 rings (SSSR count). The van der Waals surface area contributed by atoms with Gasteiger partial charge in [0.1, 0.15) is 18.2 Å². The van der Waals surface area contributed by atoms with E-state index in [9.17, 15) is 20.1 Å². The number of aliphatic hydroxyl groups is 3. The zero-order chi connectivity index (χ0) is 13.9. The first-order chi connectivity index (χ1) is 8.40. The van der Waals surface area contributed by atoms with E-state index >= 15 is 0 Å². The summed E-state index contributed by atoms with van der Waals surface area (Å²) in [6.45, 7) is 1.04. The van der Waals surface area contributed by atoms with Crippen LogP contribution in [0.3, 0.4) is 0 Å². The number of carbonyl (C=O) groups is 1. The van der Waals surface area contributed by atoms with E-state index in [2.05, 4.69) is 10.0 Å². The number of aliphatic hydroxyl groups excluding tert-OH is 3. The van der Waals surface area contributed by atoms with E-state index in [0.717, 1.165) is 4.90 Å². The van der Waals surface area contributed by atoms with Crippen LogP contribution in [-0.4, -0.2) is 70.4 Å². The molecular weight excluding hydrogens is 244 g/mol. The number of rotatable bonds is 3. The number of carbonyl (C=O) groups excluding carboxylic acids is 1. The van der Waals surface area contributed by atoms with Crippen molar-refractivity contribution in [3.05, 3.63) is 10.4 Å². The number of amides is 1. The molecule has 18 heavy (non-hydrogen) atoms. The fourth-order valence-corrected chi connectivity index (χ4v) is 1.83. The molecule has 1 saturated heterocycles. The van der Waals surface area contributed by atoms with Gasteiger partial charge in [-0.1, -0.05) is 5.11 Å². The summed E-state index contributed by atoms with van der Waals surface area (Å²) in [5.41, 5.74) is 8.17. The van der Waals surface area contributed by atoms with E-state index in [1.165, 1.54) is 14.0 Å². The standard InChI is InChI=1S/C9H16N4O5/c1-4(14)13(2)6-8(16)7(15)5(3-11-12-10)18-9(6)17/h5-9,15-17H,3H2,1-2H3/t5-,6-,7-,8-,9+/m1/s1. The highest BCUT2D eigenvalue weighted by molar-refractivity contribution is 5.73. The minimum Gasteiger partial charge on any atom is -0.388 e. The minimum atomic E-state index is -1.46. The van der Waals surface area contributed by atoms with Crippen LogP contribution >= 0.6 is 0 Å². The van der Waals surface area contributed by atoms with Crippen LogP contribution in [-0.2, 0) is 9.53 Å². The highest BCUT2D eigenvalue weighted by Crippen LogP contribution is 2.23. The molecule has 1 amide bonds. The molecular formula is C9H16N4O5. The van der Waals surface area contributed by atoms with Gasteiger partial charge in [0.2, 0.25) is 5.91 Å². The van der Waals surface area contributed by atoms with E-state index in [1.807, 2.05) is 0 Å². The third kappa shape index (κ3) is 2.89. The van der Waals surface area contributed by atoms with E-state index in [4.69, 9.17) is 10.3 Å². The largest absolute Gasteiger partial charge is 0.388 e. The Bertz CT molecular complexity index is 359. The topological polar surface area (TPSA) is 139 Å². The lowest BCUT2D eigenvalue weighted by atomic mass is 9.96. The van der Waals surface area contributed by atoms with Crippen molar-refractivity contribution in [3.8, 4) is 0 Å². The fraction of sp³-hybridized carbons (Fsp3) is 0.889. The Morgan fingerprint density at radius 1 is 1.44 bits per heavy atom. The lowest BCUT2D eigenvalue weighted by Crippen LogP contribution is -2.64. The number of hydrogen-bond acceptors (Lipinski definition) is 6. The minimum absolute atomic E-state index is 0.220. The van der Waals surface area contributed by atoms with Gasteiger partial charge in [-0.2, -0.15) is 0 Å². The first-order valence-corrected chi connectivity index (χ1v) is 5.34. The molecule has 0 aromatic rings. The number of ether oxygens (including phenoxy) is 1. The molecule has 0 aromatic heterocycles. The van der Waals surface area contributed by atoms with Crippen LogP contribution in [0.5, 0.6) is 0 Å². The summed E-state index contributed by atoms with van der Waals surface area (Å²) in [5, 5.41) is 32.6. The predicted molar refractivity (Wildman–Crippen MR) is 59.1 cm³/mol. The molecule has 0 saturated carbocycles. The Morgan fingerprint density at radius 2 is 2.06 bits per heavy atom. The molecule has 0 unspecified atom stereocenters. The lowest BCUT2D eigenvalue weighted by Gasteiger charge is -2.43. The Morgan fingerprint density at radius 3 is 2.56 bits per heavy atom. The normalized spacial score (nSPS) is 35.7. The number of azide groups is 1. The van der Waals surface area contributed by atoms with Crippen molar-refractivity contribution < 1.29 is 24.9 Å². The van der Waals surface area contributed by atoms with Gasteiger partial charge in [-0.3, -0.25) is 4.79 Å². The zero-order valence-corrected chi connectivity index (χ0v) is 10.0. The monoisotopic (exact) mass is 260 g/mol. The van der Waals surface area contributed by atoms with Crippen molar-refractivity contribution in [1.82, 2.24) is 4.90 Å². The van der Waals surface area contributed by atoms with Crippen molar-refractivity contribution >= 4 is 5.91 Å². The Kier molecular flexibility index (Phi) is 4.88. The average Bonchev–Trinajstić information content (AvgIpc) is 2.31. The summed E-state index contributed by atoms with van der Waals surface area (Å²) >= 11 is 0. The van der Waals surface area contributed by atoms with Gasteiger partial charge in [-0.05, 0) is 5.53 Å². The van der Waals surface area contributed by atoms with E-state index < -0.39 is 30.6 Å². The maximum atomic E-state index is 11.2. The summed E-state index contributed by atoms with van der Waals surface area (Å²) < 4.78 is 5.04. The van der Waals surface area contributed by atoms with Crippen molar-refractivity contribution in [1.29, 1.82) is 0 Å². The number of nitrogens with zero attached hydrogens (tertiary/aromatic N) is 4. The molecule has 0 aromatic carbocycles. The number of hydrogen-bond donors (Lipinski definition) is 3. The SMILES string of the molecule is CC(=O)N(C)[C@@H]1[C@@H](O)[C@H](O)[C@@H](CN=[N+]=[N-])O[C@@H]1O. The lowest BCUT2D eigenvalue weighted by molar-refractivity contribution is -0.260. The van der Waals surface area contributed by atoms with Crippen LogP contribution in [0.15, 0.2) is 5.11 Å². The maximum Gasteiger partial charge on any atom is 0.219 e. The van der Waals surface area contributed by atoms with Crippen LogP contribution < -0.4 is 0 Å². The Labute approximate surface area is 103 Å². The van der Waals surface area contributed by atoms with Crippen LogP contribution in [0, 0.1) is 0 Å². The molecule has 1 heterocycles. The van der Waals surface area contributed by atoms with Gasteiger partial charge in [0.25, 0.3) is 0 Å². The van der Waals surface area contributed by atoms with E-state index in [1.54, 1.807) is 0 Å². The van der Waals surface area contributed by atoms with Gasteiger partial charge < -0.3 is 25.0 Å². The van der Waals surface area contributed by atoms with Crippen molar-refractivity contribution in [2.24, 2.45) is 5.11 Å². The van der Waals surface area contributed by atoms with Gasteiger partial charge >= 0.3 is 0 Å². The summed E-state index contributed by atoms with van der Waals surface area (Å²) in [5.74, 6) is -0.387. The highest BCUT2D eigenvalue weighted by atomic mass is 16.6. The van der Waals surface area contributed by atoms with Crippen LogP contribution in [0.1, 0.15) is 6.92 Å². The van der Waals surface area contributed by atoms with E-state index in [0.29, 0.717) is 0 Å². The molecule has 3 N–H and O–H groups in total. The average molecular weight is 260 g/mol. The van der Waals surface area contributed by atoms with Crippen molar-refractivity contribution in [3.63, 3.8) is 0 Å². The van der Waals surface area contributed by atoms with Gasteiger partial charge in [-0.25, -0.2) is 0 Å². The Balaban J connectivity index is 2.83. The zero-order valence-electron chi connectivity index (χ0n) is 10.0. The van der Waals surface area contributed by atoms with Crippen LogP contribution in [0.4, 0.5) is 0 Å². The number of likely N-dealkylation sites (N-methyl/N-ethyl adjacent to an activating group) is 1. The second-order valence-corrected chi connectivity index (χ2v) is 4.08. The fourth-order valence-electron chi connectivity index (χ4n) is 1.83. The van der Waals surface area contributed by atoms with Gasteiger partial charge in [-0.15, -0.1) is 0 Å². The summed E-state index contributed by atoms with van der Waals surface area (Å²) in [6, 6.07) is -1.07. The first kappa shape index (κ1) is 14.7. The van der Waals surface area contributed by atoms with Crippen LogP contribution in [0.25, 0.3) is 10.4 Å². The van der Waals surface area contributed by atoms with Crippen LogP contribution in [0.2, 0.25) is 0 Å². The highest BCUT2D eigenvalue weighted by Gasteiger charge is 2.45. The molecule has 1 aliphatic heterocycles. The van der Waals surface area contributed by atoms with Gasteiger partial charge in [0, 0.05) is 18.9 Å². The predicted octanol–water partition coefficient (Wildman–Crippen LogP) is -1.42. The third-order valence-corrected chi connectivity index (χ3v) is 2.96. The molecule has 9 heteroatoms. The first-order valence-electron chi connectivity index (χ1n) is 5.34. The molecule has 0 bridgehead atoms. The summed E-state index contributed by atoms with van der Waals surface area (Å²) in [7, 11) is 1.38. The third-order valence-electron chi connectivity index (χ3n) is 2.96. The van der Waals surface area contributed by atoms with E-state index in [-0.39, 0.29) is 12.5 Å². The summed E-state index contributed by atoms with van der Waals surface area (Å²) in [4.78, 5) is 14.8. The quantitative estimate of drug-likeness (QED) is 0.325. The smallest absolute Gasteiger partial charge is 0.219 e. The van der Waals surface area contributed by atoms with Crippen molar-refractivity contribution in [2.45, 2.75) is 37.6 Å². The Hall–Kier alpha value is -1.38. The van der Waals surface area contributed by atoms with Gasteiger partial charge in [0.15, 0.2) is 6.29 Å². The molecule has 102 valence electrons. The molecule has 1 aliphatic rings. The summed E-state index contributed by atoms with van der Waals surface area (Å²) in [6.07, 6.45) is -5.22. The molecule has 9 nitrogen and oxygen atoms in total. The molecule has 0 aliphatic carbocycles. The van der Waals surface area contributed by atoms with Gasteiger partial charge in [0.05, 0.1) is 12.6 Å². The molecule has 0 radical (unpaired) electrons. The second-order valence-electron chi connectivity index (χ2n) is 4.08. The van der Waals surface area contributed by atoms with Crippen molar-refractivity contribution in [2.75, 3.05) is 13.6 Å². The molecule has 5 atom stereocenters. The second kappa shape index (κ2) is 5.98.